The summed E-state index contributed by atoms with van der Waals surface area (Å²) in [4.78, 5) is 0. The lowest BCUT2D eigenvalue weighted by Crippen LogP contribution is -2.46. The molecular formula is C13H22ClN3. The van der Waals surface area contributed by atoms with E-state index in [4.69, 9.17) is 17.3 Å². The van der Waals surface area contributed by atoms with Gasteiger partial charge in [0.2, 0.25) is 0 Å². The Hall–Kier alpha value is -0.540. The Kier molecular flexibility index (Phi) is 3.50. The van der Waals surface area contributed by atoms with Gasteiger partial charge in [-0.3, -0.25) is 4.68 Å². The summed E-state index contributed by atoms with van der Waals surface area (Å²) in [7, 11) is 1.88. The third-order valence-electron chi connectivity index (χ3n) is 3.93. The van der Waals surface area contributed by atoms with Crippen LogP contribution in [0.3, 0.4) is 0 Å². The molecule has 1 aromatic heterocycles. The number of hydrogen-bond acceptors (Lipinski definition) is 2. The number of nitrogens with two attached hydrogens (primary N) is 1. The molecule has 0 aliphatic heterocycles. The van der Waals surface area contributed by atoms with Crippen LogP contribution in [0.15, 0.2) is 0 Å². The second kappa shape index (κ2) is 4.62. The molecule has 0 saturated heterocycles. The predicted molar refractivity (Wildman–Crippen MR) is 71.2 cm³/mol. The molecule has 0 radical (unpaired) electrons. The van der Waals surface area contributed by atoms with E-state index >= 15 is 0 Å². The summed E-state index contributed by atoms with van der Waals surface area (Å²) < 4.78 is 1.74. The van der Waals surface area contributed by atoms with Crippen LogP contribution in [0.5, 0.6) is 0 Å². The summed E-state index contributed by atoms with van der Waals surface area (Å²) in [6, 6.07) is 0. The minimum absolute atomic E-state index is 0.0882. The molecule has 3 nitrogen and oxygen atoms in total. The Balaban J connectivity index is 2.19. The minimum Gasteiger partial charge on any atom is -0.325 e. The standard InChI is InChI=1S/C13H22ClN3/c1-9-5-4-6-13(15,7-9)8-11-10(2)16-17(3)12(11)14/h9H,4-8,15H2,1-3H3. The number of aryl methyl sites for hydroxylation is 2. The third-order valence-corrected chi connectivity index (χ3v) is 4.40. The van der Waals surface area contributed by atoms with E-state index in [0.717, 1.165) is 41.6 Å². The van der Waals surface area contributed by atoms with Crippen molar-refractivity contribution in [2.75, 3.05) is 0 Å². The topological polar surface area (TPSA) is 43.8 Å². The highest BCUT2D eigenvalue weighted by atomic mass is 35.5. The molecular weight excluding hydrogens is 234 g/mol. The van der Waals surface area contributed by atoms with Crippen LogP contribution in [-0.2, 0) is 13.5 Å². The van der Waals surface area contributed by atoms with Crippen LogP contribution in [0.4, 0.5) is 0 Å². The Bertz CT molecular complexity index is 413. The van der Waals surface area contributed by atoms with Gasteiger partial charge < -0.3 is 5.73 Å². The zero-order valence-electron chi connectivity index (χ0n) is 11.0. The van der Waals surface area contributed by atoms with E-state index in [0.29, 0.717) is 0 Å². The maximum Gasteiger partial charge on any atom is 0.130 e. The van der Waals surface area contributed by atoms with Crippen LogP contribution in [0.25, 0.3) is 0 Å². The summed E-state index contributed by atoms with van der Waals surface area (Å²) in [6.45, 7) is 4.30. The molecule has 2 unspecified atom stereocenters. The van der Waals surface area contributed by atoms with Gasteiger partial charge in [0.25, 0.3) is 0 Å². The predicted octanol–water partition coefficient (Wildman–Crippen LogP) is 2.83. The Morgan fingerprint density at radius 1 is 1.59 bits per heavy atom. The van der Waals surface area contributed by atoms with E-state index in [2.05, 4.69) is 12.0 Å². The van der Waals surface area contributed by atoms with Gasteiger partial charge in [-0.25, -0.2) is 0 Å². The SMILES string of the molecule is Cc1nn(C)c(Cl)c1CC1(N)CCCC(C)C1. The average Bonchev–Trinajstić information content (AvgIpc) is 2.44. The molecule has 0 bridgehead atoms. The summed E-state index contributed by atoms with van der Waals surface area (Å²) in [5.74, 6) is 0.726. The highest BCUT2D eigenvalue weighted by molar-refractivity contribution is 6.30. The van der Waals surface area contributed by atoms with Gasteiger partial charge >= 0.3 is 0 Å². The van der Waals surface area contributed by atoms with Crippen molar-refractivity contribution in [1.29, 1.82) is 0 Å². The molecule has 2 atom stereocenters. The van der Waals surface area contributed by atoms with Crippen molar-refractivity contribution in [3.8, 4) is 0 Å². The average molecular weight is 256 g/mol. The lowest BCUT2D eigenvalue weighted by Gasteiger charge is -2.37. The molecule has 2 N–H and O–H groups in total. The second-order valence-electron chi connectivity index (χ2n) is 5.72. The minimum atomic E-state index is -0.0882. The van der Waals surface area contributed by atoms with Gasteiger partial charge in [-0.05, 0) is 32.1 Å². The van der Waals surface area contributed by atoms with E-state index in [-0.39, 0.29) is 5.54 Å². The number of aromatic nitrogens is 2. The number of rotatable bonds is 2. The fraction of sp³-hybridized carbons (Fsp3) is 0.769. The highest BCUT2D eigenvalue weighted by Crippen LogP contribution is 2.34. The first kappa shape index (κ1) is 12.9. The molecule has 4 heteroatoms. The Morgan fingerprint density at radius 3 is 2.82 bits per heavy atom. The molecule has 0 spiro atoms. The van der Waals surface area contributed by atoms with E-state index in [1.165, 1.54) is 12.8 Å². The summed E-state index contributed by atoms with van der Waals surface area (Å²) in [5.41, 5.74) is 8.59. The lowest BCUT2D eigenvalue weighted by atomic mass is 9.74. The molecule has 17 heavy (non-hydrogen) atoms. The summed E-state index contributed by atoms with van der Waals surface area (Å²) in [5, 5.41) is 5.10. The Labute approximate surface area is 108 Å². The summed E-state index contributed by atoms with van der Waals surface area (Å²) >= 11 is 6.28. The fourth-order valence-corrected chi connectivity index (χ4v) is 3.33. The number of nitrogens with zero attached hydrogens (tertiary/aromatic N) is 2. The second-order valence-corrected chi connectivity index (χ2v) is 6.08. The van der Waals surface area contributed by atoms with Crippen LogP contribution in [0.1, 0.15) is 43.9 Å². The largest absolute Gasteiger partial charge is 0.325 e. The van der Waals surface area contributed by atoms with Gasteiger partial charge in [-0.1, -0.05) is 31.4 Å². The molecule has 1 saturated carbocycles. The first-order chi connectivity index (χ1) is 7.91. The molecule has 96 valence electrons. The van der Waals surface area contributed by atoms with Gasteiger partial charge in [0.05, 0.1) is 5.69 Å². The van der Waals surface area contributed by atoms with Gasteiger partial charge in [-0.2, -0.15) is 5.10 Å². The van der Waals surface area contributed by atoms with E-state index < -0.39 is 0 Å². The maximum absolute atomic E-state index is 6.53. The molecule has 2 rings (SSSR count). The van der Waals surface area contributed by atoms with Crippen molar-refractivity contribution in [1.82, 2.24) is 9.78 Å². The van der Waals surface area contributed by atoms with Gasteiger partial charge in [0.1, 0.15) is 5.15 Å². The van der Waals surface area contributed by atoms with Crippen molar-refractivity contribution in [3.05, 3.63) is 16.4 Å². The molecule has 1 fully saturated rings. The van der Waals surface area contributed by atoms with Crippen molar-refractivity contribution >= 4 is 11.6 Å². The monoisotopic (exact) mass is 255 g/mol. The zero-order chi connectivity index (χ0) is 12.6. The lowest BCUT2D eigenvalue weighted by molar-refractivity contribution is 0.235. The van der Waals surface area contributed by atoms with E-state index in [9.17, 15) is 0 Å². The molecule has 0 amide bonds. The molecule has 1 aliphatic carbocycles. The van der Waals surface area contributed by atoms with Crippen LogP contribution in [-0.4, -0.2) is 15.3 Å². The van der Waals surface area contributed by atoms with Crippen LogP contribution >= 0.6 is 11.6 Å². The Morgan fingerprint density at radius 2 is 2.29 bits per heavy atom. The van der Waals surface area contributed by atoms with Crippen molar-refractivity contribution < 1.29 is 0 Å². The first-order valence-corrected chi connectivity index (χ1v) is 6.76. The third kappa shape index (κ3) is 2.66. The highest BCUT2D eigenvalue weighted by Gasteiger charge is 2.32. The van der Waals surface area contributed by atoms with Crippen LogP contribution < -0.4 is 5.73 Å². The molecule has 1 aromatic rings. The van der Waals surface area contributed by atoms with Gasteiger partial charge in [-0.15, -0.1) is 0 Å². The normalized spacial score (nSPS) is 29.6. The molecule has 0 aromatic carbocycles. The molecule has 1 heterocycles. The van der Waals surface area contributed by atoms with Crippen LogP contribution in [0.2, 0.25) is 5.15 Å². The van der Waals surface area contributed by atoms with Crippen molar-refractivity contribution in [2.45, 2.75) is 51.5 Å². The quantitative estimate of drug-likeness (QED) is 0.883. The van der Waals surface area contributed by atoms with Crippen molar-refractivity contribution in [3.63, 3.8) is 0 Å². The smallest absolute Gasteiger partial charge is 0.130 e. The van der Waals surface area contributed by atoms with Crippen LogP contribution in [0, 0.1) is 12.8 Å². The van der Waals surface area contributed by atoms with E-state index in [1.807, 2.05) is 14.0 Å². The summed E-state index contributed by atoms with van der Waals surface area (Å²) in [6.07, 6.45) is 5.59. The fourth-order valence-electron chi connectivity index (χ4n) is 3.09. The first-order valence-electron chi connectivity index (χ1n) is 6.38. The van der Waals surface area contributed by atoms with E-state index in [1.54, 1.807) is 4.68 Å². The maximum atomic E-state index is 6.53. The number of hydrogen-bond donors (Lipinski definition) is 1. The van der Waals surface area contributed by atoms with Crippen molar-refractivity contribution in [2.24, 2.45) is 18.7 Å². The van der Waals surface area contributed by atoms with Gasteiger partial charge in [0.15, 0.2) is 0 Å². The number of halogens is 1. The zero-order valence-corrected chi connectivity index (χ0v) is 11.7. The molecule has 1 aliphatic rings. The van der Waals surface area contributed by atoms with Gasteiger partial charge in [0, 0.05) is 18.2 Å².